The van der Waals surface area contributed by atoms with Crippen molar-refractivity contribution in [3.05, 3.63) is 40.9 Å². The van der Waals surface area contributed by atoms with Crippen LogP contribution in [-0.4, -0.2) is 53.1 Å². The Morgan fingerprint density at radius 3 is 2.24 bits per heavy atom. The third kappa shape index (κ3) is 2.55. The number of likely N-dealkylation sites (tertiary alicyclic amines) is 1. The maximum absolute atomic E-state index is 13.0. The van der Waals surface area contributed by atoms with Gasteiger partial charge in [-0.25, -0.2) is 13.2 Å². The van der Waals surface area contributed by atoms with Crippen molar-refractivity contribution >= 4 is 32.9 Å². The lowest BCUT2D eigenvalue weighted by molar-refractivity contribution is -0.145. The molecule has 2 saturated heterocycles. The molecule has 9 nitrogen and oxygen atoms in total. The van der Waals surface area contributed by atoms with Crippen LogP contribution in [0.2, 0.25) is 0 Å². The molecule has 0 bridgehead atoms. The molecule has 1 aliphatic carbocycles. The maximum atomic E-state index is 13.0. The zero-order valence-corrected chi connectivity index (χ0v) is 16.5. The highest BCUT2D eigenvalue weighted by atomic mass is 32.2. The number of carbonyl (C=O) groups is 2. The molecule has 152 valence electrons. The first kappa shape index (κ1) is 18.3. The Hall–Kier alpha value is -2.72. The predicted molar refractivity (Wildman–Crippen MR) is 101 cm³/mol. The molecule has 10 heteroatoms. The number of nitrogens with zero attached hydrogens (tertiary/aromatic N) is 3. The standard InChI is InChI=1S/C19H19N3O6S/c1-20-15-8-12(6-7-16(15)28-19(20)25)29(26,27)21-9-11(10-21)22-17(23)13-4-2-3-5-14(13)18(22)24/h2-3,6-8,11,13-14H,4-5,9-10H2,1H3. The van der Waals surface area contributed by atoms with Crippen LogP contribution in [0, 0.1) is 11.8 Å². The monoisotopic (exact) mass is 417 g/mol. The second-order valence-corrected chi connectivity index (χ2v) is 9.67. The molecule has 2 aliphatic heterocycles. The van der Waals surface area contributed by atoms with Gasteiger partial charge >= 0.3 is 5.76 Å². The normalized spacial score (nSPS) is 25.6. The highest BCUT2D eigenvalue weighted by Crippen LogP contribution is 2.38. The van der Waals surface area contributed by atoms with E-state index in [1.54, 1.807) is 0 Å². The molecule has 3 aliphatic rings. The maximum Gasteiger partial charge on any atom is 0.419 e. The number of amides is 2. The van der Waals surface area contributed by atoms with E-state index in [0.29, 0.717) is 23.9 Å². The minimum absolute atomic E-state index is 0.0387. The lowest BCUT2D eigenvalue weighted by atomic mass is 9.85. The Morgan fingerprint density at radius 1 is 1.00 bits per heavy atom. The van der Waals surface area contributed by atoms with Crippen molar-refractivity contribution in [3.63, 3.8) is 0 Å². The quantitative estimate of drug-likeness (QED) is 0.530. The van der Waals surface area contributed by atoms with Crippen molar-refractivity contribution in [3.8, 4) is 0 Å². The van der Waals surface area contributed by atoms with E-state index in [4.69, 9.17) is 4.42 Å². The number of carbonyl (C=O) groups excluding carboxylic acids is 2. The molecule has 0 saturated carbocycles. The number of oxazole rings is 1. The van der Waals surface area contributed by atoms with Crippen LogP contribution in [0.3, 0.4) is 0 Å². The number of aryl methyl sites for hydroxylation is 1. The highest BCUT2D eigenvalue weighted by Gasteiger charge is 2.53. The molecule has 0 spiro atoms. The van der Waals surface area contributed by atoms with Crippen molar-refractivity contribution in [2.45, 2.75) is 23.8 Å². The van der Waals surface area contributed by atoms with Crippen molar-refractivity contribution in [2.75, 3.05) is 13.1 Å². The Labute approximate surface area is 166 Å². The van der Waals surface area contributed by atoms with E-state index < -0.39 is 21.8 Å². The first-order chi connectivity index (χ1) is 13.8. The van der Waals surface area contributed by atoms with E-state index in [-0.39, 0.29) is 41.6 Å². The Morgan fingerprint density at radius 2 is 1.62 bits per heavy atom. The van der Waals surface area contributed by atoms with E-state index in [2.05, 4.69) is 0 Å². The SMILES string of the molecule is Cn1c(=O)oc2ccc(S(=O)(=O)N3CC(N4C(=O)C5CC=CCC5C4=O)C3)cc21. The Bertz CT molecular complexity index is 1210. The summed E-state index contributed by atoms with van der Waals surface area (Å²) in [6.07, 6.45) is 4.97. The summed E-state index contributed by atoms with van der Waals surface area (Å²) < 4.78 is 33.4. The third-order valence-electron chi connectivity index (χ3n) is 6.14. The first-order valence-electron chi connectivity index (χ1n) is 9.40. The van der Waals surface area contributed by atoms with E-state index in [9.17, 15) is 22.8 Å². The molecule has 1 aromatic heterocycles. The van der Waals surface area contributed by atoms with Gasteiger partial charge in [-0.05, 0) is 31.0 Å². The van der Waals surface area contributed by atoms with Gasteiger partial charge in [0.15, 0.2) is 5.58 Å². The van der Waals surface area contributed by atoms with Crippen LogP contribution < -0.4 is 5.76 Å². The van der Waals surface area contributed by atoms with Gasteiger partial charge in [-0.15, -0.1) is 0 Å². The summed E-state index contributed by atoms with van der Waals surface area (Å²) in [7, 11) is -2.31. The van der Waals surface area contributed by atoms with Crippen molar-refractivity contribution in [1.29, 1.82) is 0 Å². The minimum atomic E-state index is -3.81. The number of sulfonamides is 1. The number of imide groups is 1. The number of allylic oxidation sites excluding steroid dienone is 2. The molecule has 5 rings (SSSR count). The molecular weight excluding hydrogens is 398 g/mol. The van der Waals surface area contributed by atoms with Gasteiger partial charge in [0.05, 0.1) is 28.3 Å². The number of aromatic nitrogens is 1. The van der Waals surface area contributed by atoms with Crippen LogP contribution >= 0.6 is 0 Å². The summed E-state index contributed by atoms with van der Waals surface area (Å²) in [5.41, 5.74) is 0.692. The summed E-state index contributed by atoms with van der Waals surface area (Å²) in [5, 5.41) is 0. The average molecular weight is 417 g/mol. The van der Waals surface area contributed by atoms with E-state index in [1.165, 1.54) is 39.0 Å². The summed E-state index contributed by atoms with van der Waals surface area (Å²) in [6.45, 7) is 0.157. The molecule has 29 heavy (non-hydrogen) atoms. The van der Waals surface area contributed by atoms with Crippen molar-refractivity contribution in [1.82, 2.24) is 13.8 Å². The Kier molecular flexibility index (Phi) is 3.88. The zero-order chi connectivity index (χ0) is 20.5. The largest absolute Gasteiger partial charge is 0.419 e. The summed E-state index contributed by atoms with van der Waals surface area (Å²) >= 11 is 0. The van der Waals surface area contributed by atoms with Crippen LogP contribution in [0.4, 0.5) is 0 Å². The average Bonchev–Trinajstić information content (AvgIpc) is 3.09. The van der Waals surface area contributed by atoms with E-state index in [1.807, 2.05) is 12.2 Å². The van der Waals surface area contributed by atoms with Gasteiger partial charge in [0.25, 0.3) is 0 Å². The third-order valence-corrected chi connectivity index (χ3v) is 7.96. The van der Waals surface area contributed by atoms with Crippen LogP contribution in [0.25, 0.3) is 11.1 Å². The van der Waals surface area contributed by atoms with Crippen LogP contribution in [-0.2, 0) is 26.7 Å². The molecular formula is C19H19N3O6S. The second kappa shape index (κ2) is 6.14. The molecule has 0 N–H and O–H groups in total. The number of fused-ring (bicyclic) bond motifs is 2. The van der Waals surface area contributed by atoms with Crippen LogP contribution in [0.15, 0.2) is 44.5 Å². The molecule has 3 heterocycles. The lowest BCUT2D eigenvalue weighted by Gasteiger charge is -2.42. The number of hydrogen-bond donors (Lipinski definition) is 0. The minimum Gasteiger partial charge on any atom is -0.408 e. The van der Waals surface area contributed by atoms with Crippen LogP contribution in [0.5, 0.6) is 0 Å². The fourth-order valence-corrected chi connectivity index (χ4v) is 5.91. The topological polar surface area (TPSA) is 110 Å². The van der Waals surface area contributed by atoms with Crippen molar-refractivity contribution in [2.24, 2.45) is 18.9 Å². The molecule has 2 fully saturated rings. The van der Waals surface area contributed by atoms with E-state index >= 15 is 0 Å². The number of rotatable bonds is 3. The number of hydrogen-bond acceptors (Lipinski definition) is 6. The van der Waals surface area contributed by atoms with Gasteiger partial charge in [0.2, 0.25) is 21.8 Å². The molecule has 2 amide bonds. The molecule has 2 unspecified atom stereocenters. The van der Waals surface area contributed by atoms with Gasteiger partial charge in [-0.2, -0.15) is 4.31 Å². The molecule has 1 aromatic carbocycles. The summed E-state index contributed by atoms with van der Waals surface area (Å²) in [4.78, 5) is 38.3. The summed E-state index contributed by atoms with van der Waals surface area (Å²) in [5.74, 6) is -1.59. The molecule has 2 aromatic rings. The molecule has 2 atom stereocenters. The highest BCUT2D eigenvalue weighted by molar-refractivity contribution is 7.89. The van der Waals surface area contributed by atoms with E-state index in [0.717, 1.165) is 0 Å². The van der Waals surface area contributed by atoms with Crippen LogP contribution in [0.1, 0.15) is 12.8 Å². The zero-order valence-electron chi connectivity index (χ0n) is 15.6. The predicted octanol–water partition coefficient (Wildman–Crippen LogP) is 0.456. The van der Waals surface area contributed by atoms with Crippen molar-refractivity contribution < 1.29 is 22.4 Å². The second-order valence-electron chi connectivity index (χ2n) is 7.73. The smallest absolute Gasteiger partial charge is 0.408 e. The lowest BCUT2D eigenvalue weighted by Crippen LogP contribution is -2.62. The first-order valence-corrected chi connectivity index (χ1v) is 10.8. The van der Waals surface area contributed by atoms with Gasteiger partial charge < -0.3 is 4.42 Å². The Balaban J connectivity index is 1.36. The van der Waals surface area contributed by atoms with Gasteiger partial charge in [0, 0.05) is 20.1 Å². The molecule has 0 radical (unpaired) electrons. The van der Waals surface area contributed by atoms with Gasteiger partial charge in [-0.1, -0.05) is 12.2 Å². The van der Waals surface area contributed by atoms with Gasteiger partial charge in [0.1, 0.15) is 0 Å². The fraction of sp³-hybridized carbons (Fsp3) is 0.421. The van der Waals surface area contributed by atoms with Gasteiger partial charge in [-0.3, -0.25) is 19.1 Å². The summed E-state index contributed by atoms with van der Waals surface area (Å²) in [6, 6.07) is 3.80. The fourth-order valence-electron chi connectivity index (χ4n) is 4.38. The number of benzene rings is 1.